The highest BCUT2D eigenvalue weighted by Crippen LogP contribution is 2.27. The first-order chi connectivity index (χ1) is 6.16. The highest BCUT2D eigenvalue weighted by atomic mass is 32.1. The molecule has 2 rings (SSSR count). The van der Waals surface area contributed by atoms with Crippen LogP contribution in [0, 0.1) is 13.8 Å². The first-order valence-electron chi connectivity index (χ1n) is 3.83. The van der Waals surface area contributed by atoms with Crippen LogP contribution in [0.15, 0.2) is 10.5 Å². The molecular weight excluding hydrogens is 186 g/mol. The quantitative estimate of drug-likeness (QED) is 0.755. The van der Waals surface area contributed by atoms with Gasteiger partial charge in [-0.2, -0.15) is 9.36 Å². The summed E-state index contributed by atoms with van der Waals surface area (Å²) in [4.78, 5) is 4.08. The minimum Gasteiger partial charge on any atom is -0.466 e. The predicted octanol–water partition coefficient (Wildman–Crippen LogP) is 2.00. The van der Waals surface area contributed by atoms with E-state index in [1.807, 2.05) is 19.9 Å². The van der Waals surface area contributed by atoms with Crippen LogP contribution in [0.5, 0.6) is 0 Å². The van der Waals surface area contributed by atoms with Gasteiger partial charge in [-0.25, -0.2) is 0 Å². The summed E-state index contributed by atoms with van der Waals surface area (Å²) in [6, 6.07) is 1.94. The Kier molecular flexibility index (Phi) is 1.81. The SMILES string of the molecule is Cc1cc(-c2nc(N)ns2)c(C)o1. The molecule has 0 aliphatic carbocycles. The summed E-state index contributed by atoms with van der Waals surface area (Å²) in [7, 11) is 0. The lowest BCUT2D eigenvalue weighted by atomic mass is 10.2. The smallest absolute Gasteiger partial charge is 0.232 e. The molecule has 0 spiro atoms. The van der Waals surface area contributed by atoms with E-state index in [4.69, 9.17) is 10.2 Å². The van der Waals surface area contributed by atoms with Gasteiger partial charge in [0.15, 0.2) is 0 Å². The van der Waals surface area contributed by atoms with Crippen molar-refractivity contribution in [2.24, 2.45) is 0 Å². The maximum Gasteiger partial charge on any atom is 0.232 e. The second-order valence-electron chi connectivity index (χ2n) is 2.78. The molecule has 0 bridgehead atoms. The molecule has 2 heterocycles. The van der Waals surface area contributed by atoms with E-state index in [0.717, 1.165) is 22.1 Å². The third-order valence-corrected chi connectivity index (χ3v) is 2.48. The predicted molar refractivity (Wildman–Crippen MR) is 51.5 cm³/mol. The number of aromatic nitrogens is 2. The van der Waals surface area contributed by atoms with Gasteiger partial charge in [0.1, 0.15) is 16.5 Å². The molecule has 0 aliphatic heterocycles. The van der Waals surface area contributed by atoms with E-state index in [9.17, 15) is 0 Å². The fraction of sp³-hybridized carbons (Fsp3) is 0.250. The standard InChI is InChI=1S/C8H9N3OS/c1-4-3-6(5(2)12-4)7-10-8(9)11-13-7/h3H,1-2H3,(H2,9,11). The lowest BCUT2D eigenvalue weighted by molar-refractivity contribution is 0.505. The first-order valence-corrected chi connectivity index (χ1v) is 4.61. The Morgan fingerprint density at radius 2 is 2.23 bits per heavy atom. The number of hydrogen-bond acceptors (Lipinski definition) is 5. The fourth-order valence-electron chi connectivity index (χ4n) is 1.19. The Morgan fingerprint density at radius 1 is 1.46 bits per heavy atom. The number of nitrogens with two attached hydrogens (primary N) is 1. The van der Waals surface area contributed by atoms with Crippen LogP contribution in [0.2, 0.25) is 0 Å². The zero-order chi connectivity index (χ0) is 9.42. The molecule has 68 valence electrons. The molecule has 0 aliphatic rings. The van der Waals surface area contributed by atoms with Crippen molar-refractivity contribution in [3.8, 4) is 10.6 Å². The second-order valence-corrected chi connectivity index (χ2v) is 3.54. The Balaban J connectivity index is 2.51. The zero-order valence-electron chi connectivity index (χ0n) is 7.37. The highest BCUT2D eigenvalue weighted by Gasteiger charge is 2.11. The van der Waals surface area contributed by atoms with Crippen LogP contribution < -0.4 is 5.73 Å². The van der Waals surface area contributed by atoms with Gasteiger partial charge in [0, 0.05) is 0 Å². The summed E-state index contributed by atoms with van der Waals surface area (Å²) in [6.45, 7) is 3.81. The van der Waals surface area contributed by atoms with E-state index in [2.05, 4.69) is 9.36 Å². The number of aryl methyl sites for hydroxylation is 2. The molecule has 2 aromatic heterocycles. The lowest BCUT2D eigenvalue weighted by Gasteiger charge is -1.88. The van der Waals surface area contributed by atoms with E-state index >= 15 is 0 Å². The summed E-state index contributed by atoms with van der Waals surface area (Å²) in [5, 5.41) is 0.812. The summed E-state index contributed by atoms with van der Waals surface area (Å²) in [5.41, 5.74) is 6.41. The Bertz CT molecular complexity index is 432. The molecule has 0 saturated heterocycles. The van der Waals surface area contributed by atoms with Gasteiger partial charge in [-0.05, 0) is 31.4 Å². The summed E-state index contributed by atoms with van der Waals surface area (Å²) in [6.07, 6.45) is 0. The van der Waals surface area contributed by atoms with Gasteiger partial charge in [0.2, 0.25) is 5.95 Å². The van der Waals surface area contributed by atoms with E-state index in [0.29, 0.717) is 5.95 Å². The molecule has 2 aromatic rings. The molecule has 0 saturated carbocycles. The third-order valence-electron chi connectivity index (χ3n) is 1.71. The van der Waals surface area contributed by atoms with Gasteiger partial charge in [0.25, 0.3) is 0 Å². The largest absolute Gasteiger partial charge is 0.466 e. The molecule has 0 fully saturated rings. The topological polar surface area (TPSA) is 64.9 Å². The van der Waals surface area contributed by atoms with Crippen LogP contribution in [-0.2, 0) is 0 Å². The van der Waals surface area contributed by atoms with E-state index < -0.39 is 0 Å². The average molecular weight is 195 g/mol. The second kappa shape index (κ2) is 2.85. The maximum absolute atomic E-state index is 5.43. The number of hydrogen-bond donors (Lipinski definition) is 1. The fourth-order valence-corrected chi connectivity index (χ4v) is 1.84. The number of rotatable bonds is 1. The summed E-state index contributed by atoms with van der Waals surface area (Å²) >= 11 is 1.28. The number of furan rings is 1. The van der Waals surface area contributed by atoms with Gasteiger partial charge in [-0.1, -0.05) is 0 Å². The van der Waals surface area contributed by atoms with Crippen LogP contribution in [-0.4, -0.2) is 9.36 Å². The van der Waals surface area contributed by atoms with Crippen molar-refractivity contribution in [3.63, 3.8) is 0 Å². The average Bonchev–Trinajstić information content (AvgIpc) is 2.58. The Morgan fingerprint density at radius 3 is 2.69 bits per heavy atom. The van der Waals surface area contributed by atoms with Crippen LogP contribution in [0.3, 0.4) is 0 Å². The van der Waals surface area contributed by atoms with Gasteiger partial charge >= 0.3 is 0 Å². The molecule has 13 heavy (non-hydrogen) atoms. The van der Waals surface area contributed by atoms with Crippen molar-refractivity contribution in [1.82, 2.24) is 9.36 Å². The minimum absolute atomic E-state index is 0.318. The van der Waals surface area contributed by atoms with Crippen molar-refractivity contribution in [3.05, 3.63) is 17.6 Å². The summed E-state index contributed by atoms with van der Waals surface area (Å²) in [5.74, 6) is 2.05. The van der Waals surface area contributed by atoms with Gasteiger partial charge in [-0.15, -0.1) is 0 Å². The monoisotopic (exact) mass is 195 g/mol. The molecule has 5 heteroatoms. The molecule has 0 radical (unpaired) electrons. The molecule has 0 amide bonds. The zero-order valence-corrected chi connectivity index (χ0v) is 8.18. The number of nitrogens with zero attached hydrogens (tertiary/aromatic N) is 2. The number of nitrogen functional groups attached to an aromatic ring is 1. The lowest BCUT2D eigenvalue weighted by Crippen LogP contribution is -1.85. The van der Waals surface area contributed by atoms with Crippen LogP contribution in [0.4, 0.5) is 5.95 Å². The van der Waals surface area contributed by atoms with Crippen molar-refractivity contribution in [2.45, 2.75) is 13.8 Å². The van der Waals surface area contributed by atoms with Crippen molar-refractivity contribution < 1.29 is 4.42 Å². The number of anilines is 1. The molecule has 0 aromatic carbocycles. The maximum atomic E-state index is 5.43. The van der Waals surface area contributed by atoms with Crippen molar-refractivity contribution in [1.29, 1.82) is 0 Å². The normalized spacial score (nSPS) is 10.6. The van der Waals surface area contributed by atoms with Gasteiger partial charge in [0.05, 0.1) is 5.56 Å². The summed E-state index contributed by atoms with van der Waals surface area (Å²) < 4.78 is 9.29. The van der Waals surface area contributed by atoms with Crippen LogP contribution >= 0.6 is 11.5 Å². The molecular formula is C8H9N3OS. The molecule has 0 unspecified atom stereocenters. The van der Waals surface area contributed by atoms with E-state index in [1.165, 1.54) is 11.5 Å². The molecule has 0 atom stereocenters. The van der Waals surface area contributed by atoms with Gasteiger partial charge in [-0.3, -0.25) is 0 Å². The molecule has 2 N–H and O–H groups in total. The minimum atomic E-state index is 0.318. The Labute approximate surface area is 79.6 Å². The van der Waals surface area contributed by atoms with E-state index in [-0.39, 0.29) is 0 Å². The van der Waals surface area contributed by atoms with E-state index in [1.54, 1.807) is 0 Å². The van der Waals surface area contributed by atoms with Crippen LogP contribution in [0.25, 0.3) is 10.6 Å². The first kappa shape index (κ1) is 8.25. The van der Waals surface area contributed by atoms with Crippen LogP contribution in [0.1, 0.15) is 11.5 Å². The molecule has 4 nitrogen and oxygen atoms in total. The van der Waals surface area contributed by atoms with Crippen molar-refractivity contribution >= 4 is 17.5 Å². The van der Waals surface area contributed by atoms with Gasteiger partial charge < -0.3 is 10.2 Å². The van der Waals surface area contributed by atoms with Crippen molar-refractivity contribution in [2.75, 3.05) is 5.73 Å². The Hall–Kier alpha value is -1.36. The highest BCUT2D eigenvalue weighted by molar-refractivity contribution is 7.09. The third kappa shape index (κ3) is 1.42.